The fourth-order valence-electron chi connectivity index (χ4n) is 3.01. The molecule has 27 heavy (non-hydrogen) atoms. The van der Waals surface area contributed by atoms with Gasteiger partial charge in [0.1, 0.15) is 0 Å². The van der Waals surface area contributed by atoms with Crippen molar-refractivity contribution < 1.29 is 9.15 Å². The lowest BCUT2D eigenvalue weighted by Gasteiger charge is -2.32. The molecule has 1 saturated heterocycles. The first-order valence-corrected chi connectivity index (χ1v) is 10.0. The maximum Gasteiger partial charge on any atom is 0.247 e. The fraction of sp³-hybridized carbons (Fsp3) is 0.263. The molecule has 0 N–H and O–H groups in total. The van der Waals surface area contributed by atoms with Crippen LogP contribution in [-0.4, -0.2) is 34.8 Å². The molecule has 2 heterocycles. The molecule has 3 aromatic rings. The van der Waals surface area contributed by atoms with Gasteiger partial charge in [-0.25, -0.2) is 0 Å². The van der Waals surface area contributed by atoms with Crippen LogP contribution in [0.4, 0.5) is 0 Å². The molecule has 1 aliphatic heterocycles. The number of aromatic nitrogens is 2. The lowest BCUT2D eigenvalue weighted by atomic mass is 10.1. The highest BCUT2D eigenvalue weighted by molar-refractivity contribution is 9.10. The Balaban J connectivity index is 1.44. The molecule has 8 heteroatoms. The molecular formula is C19H16BrCl2N3O2. The van der Waals surface area contributed by atoms with E-state index in [4.69, 9.17) is 32.4 Å². The van der Waals surface area contributed by atoms with Gasteiger partial charge in [-0.05, 0) is 35.9 Å². The van der Waals surface area contributed by atoms with E-state index >= 15 is 0 Å². The Morgan fingerprint density at radius 3 is 2.81 bits per heavy atom. The summed E-state index contributed by atoms with van der Waals surface area (Å²) in [4.78, 5) is 2.23. The molecule has 1 aromatic heterocycles. The van der Waals surface area contributed by atoms with Crippen LogP contribution in [0.3, 0.4) is 0 Å². The minimum atomic E-state index is -0.0685. The van der Waals surface area contributed by atoms with Crippen molar-refractivity contribution in [3.05, 3.63) is 68.4 Å². The quantitative estimate of drug-likeness (QED) is 0.514. The van der Waals surface area contributed by atoms with Crippen LogP contribution in [-0.2, 0) is 11.3 Å². The molecule has 0 saturated carbocycles. The monoisotopic (exact) mass is 467 g/mol. The molecule has 1 unspecified atom stereocenters. The topological polar surface area (TPSA) is 51.4 Å². The van der Waals surface area contributed by atoms with Crippen molar-refractivity contribution in [2.75, 3.05) is 19.7 Å². The first kappa shape index (κ1) is 18.9. The normalized spacial score (nSPS) is 18.0. The predicted octanol–water partition coefficient (Wildman–Crippen LogP) is 5.38. The van der Waals surface area contributed by atoms with E-state index in [1.165, 1.54) is 0 Å². The van der Waals surface area contributed by atoms with Gasteiger partial charge in [-0.2, -0.15) is 0 Å². The summed E-state index contributed by atoms with van der Waals surface area (Å²) < 4.78 is 12.7. The van der Waals surface area contributed by atoms with Gasteiger partial charge in [0.25, 0.3) is 0 Å². The predicted molar refractivity (Wildman–Crippen MR) is 108 cm³/mol. The Bertz CT molecular complexity index is 950. The zero-order chi connectivity index (χ0) is 18.8. The highest BCUT2D eigenvalue weighted by Gasteiger charge is 2.24. The van der Waals surface area contributed by atoms with Crippen molar-refractivity contribution in [3.63, 3.8) is 0 Å². The zero-order valence-corrected chi connectivity index (χ0v) is 17.3. The summed E-state index contributed by atoms with van der Waals surface area (Å²) in [6.45, 7) is 2.71. The Morgan fingerprint density at radius 1 is 1.11 bits per heavy atom. The van der Waals surface area contributed by atoms with Gasteiger partial charge in [-0.3, -0.25) is 4.90 Å². The summed E-state index contributed by atoms with van der Waals surface area (Å²) in [6, 6.07) is 13.4. The largest absolute Gasteiger partial charge is 0.419 e. The van der Waals surface area contributed by atoms with Crippen LogP contribution in [0.15, 0.2) is 51.4 Å². The number of rotatable bonds is 4. The number of hydrogen-bond acceptors (Lipinski definition) is 5. The standard InChI is InChI=1S/C19H16BrCl2N3O2/c20-14-3-1-2-13(8-14)19-24-23-18(27-19)11-25-6-7-26-17(10-25)12-4-5-15(21)16(22)9-12/h1-5,8-9,17H,6-7,10-11H2. The number of morpholine rings is 1. The van der Waals surface area contributed by atoms with Crippen molar-refractivity contribution in [2.24, 2.45) is 0 Å². The molecule has 1 aliphatic rings. The number of halogens is 3. The van der Waals surface area contributed by atoms with Crippen LogP contribution in [0.5, 0.6) is 0 Å². The Kier molecular flexibility index (Phi) is 5.80. The molecule has 2 aromatic carbocycles. The van der Waals surface area contributed by atoms with E-state index < -0.39 is 0 Å². The second kappa shape index (κ2) is 8.29. The lowest BCUT2D eigenvalue weighted by Crippen LogP contribution is -2.37. The van der Waals surface area contributed by atoms with E-state index in [0.29, 0.717) is 41.5 Å². The van der Waals surface area contributed by atoms with Crippen LogP contribution in [0.2, 0.25) is 10.0 Å². The van der Waals surface area contributed by atoms with Gasteiger partial charge >= 0.3 is 0 Å². The fourth-order valence-corrected chi connectivity index (χ4v) is 3.71. The van der Waals surface area contributed by atoms with E-state index in [0.717, 1.165) is 22.1 Å². The van der Waals surface area contributed by atoms with Crippen LogP contribution in [0, 0.1) is 0 Å². The van der Waals surface area contributed by atoms with Crippen molar-refractivity contribution in [1.82, 2.24) is 15.1 Å². The summed E-state index contributed by atoms with van der Waals surface area (Å²) >= 11 is 15.6. The third-order valence-corrected chi connectivity index (χ3v) is 5.60. The van der Waals surface area contributed by atoms with Crippen LogP contribution < -0.4 is 0 Å². The molecule has 1 atom stereocenters. The highest BCUT2D eigenvalue weighted by Crippen LogP contribution is 2.29. The molecule has 0 bridgehead atoms. The van der Waals surface area contributed by atoms with Crippen LogP contribution in [0.25, 0.3) is 11.5 Å². The first-order valence-electron chi connectivity index (χ1n) is 8.46. The number of nitrogens with zero attached hydrogens (tertiary/aromatic N) is 3. The Morgan fingerprint density at radius 2 is 2.00 bits per heavy atom. The summed E-state index contributed by atoms with van der Waals surface area (Å²) in [5.74, 6) is 1.10. The van der Waals surface area contributed by atoms with Gasteiger partial charge in [0.2, 0.25) is 11.8 Å². The van der Waals surface area contributed by atoms with Crippen molar-refractivity contribution in [3.8, 4) is 11.5 Å². The van der Waals surface area contributed by atoms with E-state index in [2.05, 4.69) is 31.0 Å². The number of hydrogen-bond donors (Lipinski definition) is 0. The maximum atomic E-state index is 6.13. The second-order valence-corrected chi connectivity index (χ2v) is 8.01. The molecule has 140 valence electrons. The van der Waals surface area contributed by atoms with Crippen molar-refractivity contribution in [1.29, 1.82) is 0 Å². The van der Waals surface area contributed by atoms with E-state index in [-0.39, 0.29) is 6.10 Å². The lowest BCUT2D eigenvalue weighted by molar-refractivity contribution is -0.0351. The molecular weight excluding hydrogens is 453 g/mol. The molecule has 1 fully saturated rings. The molecule has 4 rings (SSSR count). The van der Waals surface area contributed by atoms with Gasteiger partial charge in [0.15, 0.2) is 0 Å². The van der Waals surface area contributed by atoms with Gasteiger partial charge < -0.3 is 9.15 Å². The van der Waals surface area contributed by atoms with Gasteiger partial charge in [0, 0.05) is 23.1 Å². The first-order chi connectivity index (χ1) is 13.1. The second-order valence-electron chi connectivity index (χ2n) is 6.28. The summed E-state index contributed by atoms with van der Waals surface area (Å²) in [7, 11) is 0. The van der Waals surface area contributed by atoms with Crippen LogP contribution in [0.1, 0.15) is 17.6 Å². The molecule has 0 amide bonds. The summed E-state index contributed by atoms with van der Waals surface area (Å²) in [5.41, 5.74) is 1.90. The summed E-state index contributed by atoms with van der Waals surface area (Å²) in [6.07, 6.45) is -0.0685. The molecule has 0 aliphatic carbocycles. The smallest absolute Gasteiger partial charge is 0.247 e. The van der Waals surface area contributed by atoms with Gasteiger partial charge in [-0.15, -0.1) is 10.2 Å². The van der Waals surface area contributed by atoms with Crippen LogP contribution >= 0.6 is 39.1 Å². The van der Waals surface area contributed by atoms with Gasteiger partial charge in [0.05, 0.1) is 29.3 Å². The molecule has 0 radical (unpaired) electrons. The Hall–Kier alpha value is -1.44. The summed E-state index contributed by atoms with van der Waals surface area (Å²) in [5, 5.41) is 9.42. The molecule has 0 spiro atoms. The van der Waals surface area contributed by atoms with Crippen molar-refractivity contribution >= 4 is 39.1 Å². The van der Waals surface area contributed by atoms with Gasteiger partial charge in [-0.1, -0.05) is 51.3 Å². The average molecular weight is 469 g/mol. The van der Waals surface area contributed by atoms with Crippen molar-refractivity contribution in [2.45, 2.75) is 12.6 Å². The van der Waals surface area contributed by atoms with E-state index in [1.54, 1.807) is 6.07 Å². The van der Waals surface area contributed by atoms with E-state index in [9.17, 15) is 0 Å². The SMILES string of the molecule is Clc1ccc(C2CN(Cc3nnc(-c4cccc(Br)c4)o3)CCO2)cc1Cl. The van der Waals surface area contributed by atoms with E-state index in [1.807, 2.05) is 36.4 Å². The average Bonchev–Trinajstić information content (AvgIpc) is 3.13. The maximum absolute atomic E-state index is 6.13. The number of ether oxygens (including phenoxy) is 1. The highest BCUT2D eigenvalue weighted by atomic mass is 79.9. The number of benzene rings is 2. The zero-order valence-electron chi connectivity index (χ0n) is 14.2. The Labute approximate surface area is 175 Å². The third kappa shape index (κ3) is 4.52. The molecule has 5 nitrogen and oxygen atoms in total. The third-order valence-electron chi connectivity index (χ3n) is 4.36. The minimum absolute atomic E-state index is 0.0685. The minimum Gasteiger partial charge on any atom is -0.419 e.